The minimum Gasteiger partial charge on any atom is -0.496 e. The predicted octanol–water partition coefficient (Wildman–Crippen LogP) is 1.35. The van der Waals surface area contributed by atoms with Crippen molar-refractivity contribution in [1.29, 1.82) is 0 Å². The van der Waals surface area contributed by atoms with Crippen molar-refractivity contribution in [3.8, 4) is 17.1 Å². The van der Waals surface area contributed by atoms with Gasteiger partial charge in [-0.15, -0.1) is 0 Å². The van der Waals surface area contributed by atoms with E-state index in [1.807, 2.05) is 6.07 Å². The number of H-pyrrole nitrogens is 1. The van der Waals surface area contributed by atoms with Crippen LogP contribution in [-0.4, -0.2) is 7.11 Å². The highest BCUT2D eigenvalue weighted by molar-refractivity contribution is 5.68. The number of nitrogens with one attached hydrogen (secondary N) is 1. The Bertz CT molecular complexity index is 424. The Hall–Kier alpha value is -1.97. The van der Waals surface area contributed by atoms with Crippen molar-refractivity contribution >= 4 is 5.69 Å². The Morgan fingerprint density at radius 1 is 1.43 bits per heavy atom. The van der Waals surface area contributed by atoms with Crippen LogP contribution in [0, 0.1) is 0 Å². The summed E-state index contributed by atoms with van der Waals surface area (Å²) in [5.41, 5.74) is 7.18. The fourth-order valence-electron chi connectivity index (χ4n) is 1.29. The molecule has 0 unspecified atom stereocenters. The summed E-state index contributed by atoms with van der Waals surface area (Å²) in [4.78, 5) is 2.84. The number of ether oxygens (including phenoxy) is 1. The van der Waals surface area contributed by atoms with Crippen LogP contribution in [0.2, 0.25) is 0 Å². The number of nitrogens with two attached hydrogens (primary N) is 1. The van der Waals surface area contributed by atoms with Crippen molar-refractivity contribution in [2.75, 3.05) is 12.8 Å². The molecule has 0 radical (unpaired) electrons. The Balaban J connectivity index is 2.53. The fraction of sp³-hybridized carbons (Fsp3) is 0.100. The zero-order valence-corrected chi connectivity index (χ0v) is 7.78. The number of benzene rings is 1. The summed E-state index contributed by atoms with van der Waals surface area (Å²) in [6.45, 7) is 0. The van der Waals surface area contributed by atoms with Gasteiger partial charge in [0.2, 0.25) is 12.0 Å². The summed E-state index contributed by atoms with van der Waals surface area (Å²) in [6, 6.07) is 5.43. The van der Waals surface area contributed by atoms with Gasteiger partial charge in [-0.25, -0.2) is 0 Å². The monoisotopic (exact) mass is 191 g/mol. The van der Waals surface area contributed by atoms with Gasteiger partial charge in [-0.1, -0.05) is 0 Å². The molecule has 0 aliphatic heterocycles. The fourth-order valence-corrected chi connectivity index (χ4v) is 1.29. The van der Waals surface area contributed by atoms with E-state index in [9.17, 15) is 0 Å². The van der Waals surface area contributed by atoms with Crippen molar-refractivity contribution in [3.63, 3.8) is 0 Å². The highest BCUT2D eigenvalue weighted by Crippen LogP contribution is 2.30. The first-order valence-corrected chi connectivity index (χ1v) is 4.19. The van der Waals surface area contributed by atoms with Gasteiger partial charge in [0.1, 0.15) is 5.75 Å². The molecular weight excluding hydrogens is 180 g/mol. The average molecular weight is 191 g/mol. The summed E-state index contributed by atoms with van der Waals surface area (Å²) in [5.74, 6) is 1.43. The zero-order valence-electron chi connectivity index (χ0n) is 7.78. The topological polar surface area (TPSA) is 62.5 Å². The van der Waals surface area contributed by atoms with Crippen LogP contribution in [0.15, 0.2) is 35.2 Å². The van der Waals surface area contributed by atoms with Gasteiger partial charge in [0.15, 0.2) is 0 Å². The standard InChI is InChI=1S/C10H10N2O2/c1-13-9-4-7(11)2-3-8(9)10-5-12-6-14-10/h2-6H,11H2,1H3/p+1. The SMILES string of the molecule is COc1cc(N)ccc1-c1c[nH+]co1. The number of aromatic amines is 1. The van der Waals surface area contributed by atoms with Gasteiger partial charge < -0.3 is 14.9 Å². The van der Waals surface area contributed by atoms with Crippen LogP contribution in [-0.2, 0) is 0 Å². The Morgan fingerprint density at radius 3 is 2.93 bits per heavy atom. The lowest BCUT2D eigenvalue weighted by molar-refractivity contribution is -0.383. The van der Waals surface area contributed by atoms with E-state index in [0.717, 1.165) is 11.3 Å². The molecule has 0 saturated carbocycles. The van der Waals surface area contributed by atoms with Gasteiger partial charge in [0, 0.05) is 11.8 Å². The minimum absolute atomic E-state index is 0.668. The maximum atomic E-state index is 5.64. The molecule has 4 heteroatoms. The largest absolute Gasteiger partial charge is 0.496 e. The zero-order chi connectivity index (χ0) is 9.97. The minimum atomic E-state index is 0.668. The first-order valence-electron chi connectivity index (χ1n) is 4.19. The van der Waals surface area contributed by atoms with E-state index in [4.69, 9.17) is 14.9 Å². The van der Waals surface area contributed by atoms with Gasteiger partial charge in [-0.2, -0.15) is 4.98 Å². The molecule has 72 valence electrons. The summed E-state index contributed by atoms with van der Waals surface area (Å²) in [7, 11) is 1.60. The van der Waals surface area contributed by atoms with E-state index in [0.29, 0.717) is 11.4 Å². The summed E-state index contributed by atoms with van der Waals surface area (Å²) in [5, 5.41) is 0. The molecule has 0 amide bonds. The summed E-state index contributed by atoms with van der Waals surface area (Å²) in [6.07, 6.45) is 3.26. The van der Waals surface area contributed by atoms with Crippen LogP contribution >= 0.6 is 0 Å². The van der Waals surface area contributed by atoms with E-state index in [1.54, 1.807) is 25.4 Å². The number of nitrogen functional groups attached to an aromatic ring is 1. The lowest BCUT2D eigenvalue weighted by Crippen LogP contribution is -1.92. The first kappa shape index (κ1) is 8.62. The number of oxazole rings is 1. The number of aromatic nitrogens is 1. The van der Waals surface area contributed by atoms with Crippen molar-refractivity contribution in [2.45, 2.75) is 0 Å². The molecular formula is C10H11N2O2+. The molecule has 0 fully saturated rings. The molecule has 1 heterocycles. The van der Waals surface area contributed by atoms with E-state index in [-0.39, 0.29) is 0 Å². The van der Waals surface area contributed by atoms with Crippen molar-refractivity contribution in [1.82, 2.24) is 0 Å². The van der Waals surface area contributed by atoms with Crippen LogP contribution in [0.4, 0.5) is 5.69 Å². The predicted molar refractivity (Wildman–Crippen MR) is 51.7 cm³/mol. The quantitative estimate of drug-likeness (QED) is 0.729. The van der Waals surface area contributed by atoms with Crippen LogP contribution in [0.5, 0.6) is 5.75 Å². The van der Waals surface area contributed by atoms with E-state index in [1.165, 1.54) is 6.39 Å². The maximum absolute atomic E-state index is 5.64. The number of rotatable bonds is 2. The third kappa shape index (κ3) is 1.42. The lowest BCUT2D eigenvalue weighted by Gasteiger charge is -2.05. The second-order valence-electron chi connectivity index (χ2n) is 2.87. The second-order valence-corrected chi connectivity index (χ2v) is 2.87. The van der Waals surface area contributed by atoms with Gasteiger partial charge in [-0.05, 0) is 12.1 Å². The van der Waals surface area contributed by atoms with E-state index in [2.05, 4.69) is 4.98 Å². The molecule has 1 aromatic heterocycles. The number of hydrogen-bond acceptors (Lipinski definition) is 3. The Kier molecular flexibility index (Phi) is 2.10. The number of anilines is 1. The van der Waals surface area contributed by atoms with Gasteiger partial charge >= 0.3 is 6.39 Å². The molecule has 0 aliphatic rings. The van der Waals surface area contributed by atoms with Crippen LogP contribution in [0.3, 0.4) is 0 Å². The Labute approximate surface area is 81.3 Å². The smallest absolute Gasteiger partial charge is 0.333 e. The van der Waals surface area contributed by atoms with Crippen LogP contribution < -0.4 is 15.5 Å². The Morgan fingerprint density at radius 2 is 2.29 bits per heavy atom. The second kappa shape index (κ2) is 3.41. The molecule has 0 spiro atoms. The van der Waals surface area contributed by atoms with Gasteiger partial charge in [-0.3, -0.25) is 0 Å². The summed E-state index contributed by atoms with van der Waals surface area (Å²) < 4.78 is 10.4. The molecule has 2 aromatic rings. The molecule has 0 bridgehead atoms. The molecule has 2 rings (SSSR count). The van der Waals surface area contributed by atoms with Gasteiger partial charge in [0.25, 0.3) is 0 Å². The highest BCUT2D eigenvalue weighted by Gasteiger charge is 2.10. The third-order valence-electron chi connectivity index (χ3n) is 1.96. The third-order valence-corrected chi connectivity index (χ3v) is 1.96. The summed E-state index contributed by atoms with van der Waals surface area (Å²) >= 11 is 0. The van der Waals surface area contributed by atoms with E-state index >= 15 is 0 Å². The maximum Gasteiger partial charge on any atom is 0.333 e. The highest BCUT2D eigenvalue weighted by atomic mass is 16.5. The molecule has 4 nitrogen and oxygen atoms in total. The van der Waals surface area contributed by atoms with Crippen molar-refractivity contribution in [3.05, 3.63) is 30.8 Å². The normalized spacial score (nSPS) is 10.1. The van der Waals surface area contributed by atoms with Crippen molar-refractivity contribution in [2.24, 2.45) is 0 Å². The molecule has 3 N–H and O–H groups in total. The number of methoxy groups -OCH3 is 1. The van der Waals surface area contributed by atoms with Crippen LogP contribution in [0.1, 0.15) is 0 Å². The lowest BCUT2D eigenvalue weighted by atomic mass is 10.1. The first-order chi connectivity index (χ1) is 6.81. The molecule has 0 saturated heterocycles. The molecule has 14 heavy (non-hydrogen) atoms. The van der Waals surface area contributed by atoms with E-state index < -0.39 is 0 Å². The molecule has 0 atom stereocenters. The van der Waals surface area contributed by atoms with Crippen molar-refractivity contribution < 1.29 is 14.1 Å². The van der Waals surface area contributed by atoms with Crippen LogP contribution in [0.25, 0.3) is 11.3 Å². The average Bonchev–Trinajstić information content (AvgIpc) is 2.70. The molecule has 1 aromatic carbocycles. The molecule has 0 aliphatic carbocycles. The number of hydrogen-bond donors (Lipinski definition) is 1. The van der Waals surface area contributed by atoms with Gasteiger partial charge in [0.05, 0.1) is 12.7 Å².